The number of nitrogen functional groups attached to an aromatic ring is 1. The van der Waals surface area contributed by atoms with E-state index in [1.165, 1.54) is 6.42 Å². The maximum atomic E-state index is 5.61. The maximum absolute atomic E-state index is 5.61. The molecule has 0 aliphatic carbocycles. The predicted molar refractivity (Wildman–Crippen MR) is 99.6 cm³/mol. The SMILES string of the molecule is CCC.Cc1cc2c(C#Cc3ccc(N)cn3)cnc(C)c2cn1. The van der Waals surface area contributed by atoms with Crippen molar-refractivity contribution in [3.8, 4) is 11.8 Å². The molecule has 3 heterocycles. The van der Waals surface area contributed by atoms with Crippen LogP contribution in [0, 0.1) is 25.7 Å². The molecule has 3 aromatic heterocycles. The summed E-state index contributed by atoms with van der Waals surface area (Å²) in [7, 11) is 0. The van der Waals surface area contributed by atoms with E-state index in [1.54, 1.807) is 24.5 Å². The summed E-state index contributed by atoms with van der Waals surface area (Å²) in [5, 5.41) is 2.09. The molecule has 0 saturated carbocycles. The normalized spacial score (nSPS) is 9.67. The zero-order valence-electron chi connectivity index (χ0n) is 14.6. The Morgan fingerprint density at radius 3 is 2.33 bits per heavy atom. The maximum Gasteiger partial charge on any atom is 0.113 e. The molecule has 0 saturated heterocycles. The number of fused-ring (bicyclic) bond motifs is 1. The molecule has 0 aromatic carbocycles. The minimum Gasteiger partial charge on any atom is -0.397 e. The van der Waals surface area contributed by atoms with Gasteiger partial charge in [-0.25, -0.2) is 4.98 Å². The summed E-state index contributed by atoms with van der Waals surface area (Å²) in [5.74, 6) is 6.18. The standard InChI is InChI=1S/C17H14N4.C3H8/c1-11-7-16-13(8-20-12(2)17(16)10-19-11)3-5-15-6-4-14(18)9-21-15;1-3-2/h4,6-10H,18H2,1-2H3;3H2,1-2H3. The van der Waals surface area contributed by atoms with Crippen LogP contribution in [-0.4, -0.2) is 15.0 Å². The lowest BCUT2D eigenvalue weighted by atomic mass is 10.1. The second-order valence-corrected chi connectivity index (χ2v) is 5.56. The van der Waals surface area contributed by atoms with Gasteiger partial charge < -0.3 is 5.73 Å². The van der Waals surface area contributed by atoms with Crippen LogP contribution in [-0.2, 0) is 0 Å². The fourth-order valence-electron chi connectivity index (χ4n) is 2.08. The molecule has 122 valence electrons. The molecule has 0 bridgehead atoms. The number of hydrogen-bond acceptors (Lipinski definition) is 4. The molecular weight excluding hydrogens is 296 g/mol. The molecule has 2 N–H and O–H groups in total. The quantitative estimate of drug-likeness (QED) is 0.635. The monoisotopic (exact) mass is 318 g/mol. The molecule has 0 aliphatic heterocycles. The summed E-state index contributed by atoms with van der Waals surface area (Å²) in [4.78, 5) is 12.9. The summed E-state index contributed by atoms with van der Waals surface area (Å²) < 4.78 is 0. The average molecular weight is 318 g/mol. The van der Waals surface area contributed by atoms with Crippen molar-refractivity contribution in [3.05, 3.63) is 59.4 Å². The highest BCUT2D eigenvalue weighted by Gasteiger charge is 2.04. The van der Waals surface area contributed by atoms with E-state index in [1.807, 2.05) is 26.1 Å². The molecule has 0 amide bonds. The Hall–Kier alpha value is -2.93. The van der Waals surface area contributed by atoms with E-state index in [-0.39, 0.29) is 0 Å². The van der Waals surface area contributed by atoms with Crippen molar-refractivity contribution in [2.24, 2.45) is 0 Å². The molecule has 3 aromatic rings. The Balaban J connectivity index is 0.000000647. The molecule has 3 rings (SSSR count). The molecule has 4 heteroatoms. The van der Waals surface area contributed by atoms with Gasteiger partial charge in [-0.3, -0.25) is 9.97 Å². The van der Waals surface area contributed by atoms with Crippen molar-refractivity contribution in [1.82, 2.24) is 15.0 Å². The summed E-state index contributed by atoms with van der Waals surface area (Å²) >= 11 is 0. The van der Waals surface area contributed by atoms with E-state index in [9.17, 15) is 0 Å². The van der Waals surface area contributed by atoms with Crippen LogP contribution in [0.15, 0.2) is 36.8 Å². The van der Waals surface area contributed by atoms with Crippen LogP contribution in [0.25, 0.3) is 10.8 Å². The molecule has 24 heavy (non-hydrogen) atoms. The topological polar surface area (TPSA) is 64.7 Å². The lowest BCUT2D eigenvalue weighted by Gasteiger charge is -2.04. The highest BCUT2D eigenvalue weighted by Crippen LogP contribution is 2.20. The van der Waals surface area contributed by atoms with Crippen LogP contribution in [0.2, 0.25) is 0 Å². The van der Waals surface area contributed by atoms with Gasteiger partial charge in [0.2, 0.25) is 0 Å². The van der Waals surface area contributed by atoms with Crippen LogP contribution in [0.3, 0.4) is 0 Å². The Bertz CT molecular complexity index is 887. The first-order valence-electron chi connectivity index (χ1n) is 8.00. The number of nitrogens with zero attached hydrogens (tertiary/aromatic N) is 3. The predicted octanol–water partition coefficient (Wildman–Crippen LogP) is 4.04. The number of anilines is 1. The Morgan fingerprint density at radius 1 is 0.917 bits per heavy atom. The van der Waals surface area contributed by atoms with E-state index >= 15 is 0 Å². The van der Waals surface area contributed by atoms with Gasteiger partial charge >= 0.3 is 0 Å². The fourth-order valence-corrected chi connectivity index (χ4v) is 2.08. The Labute approximate surface area is 143 Å². The first kappa shape index (κ1) is 17.4. The number of pyridine rings is 3. The van der Waals surface area contributed by atoms with E-state index < -0.39 is 0 Å². The van der Waals surface area contributed by atoms with Gasteiger partial charge in [-0.1, -0.05) is 26.2 Å². The first-order valence-corrected chi connectivity index (χ1v) is 8.00. The van der Waals surface area contributed by atoms with E-state index in [0.29, 0.717) is 11.4 Å². The minimum atomic E-state index is 0.629. The fraction of sp³-hybridized carbons (Fsp3) is 0.250. The van der Waals surface area contributed by atoms with Crippen molar-refractivity contribution in [2.75, 3.05) is 5.73 Å². The lowest BCUT2D eigenvalue weighted by Crippen LogP contribution is -1.92. The van der Waals surface area contributed by atoms with Gasteiger partial charge in [-0.2, -0.15) is 0 Å². The van der Waals surface area contributed by atoms with E-state index in [4.69, 9.17) is 5.73 Å². The van der Waals surface area contributed by atoms with Crippen molar-refractivity contribution >= 4 is 16.5 Å². The number of aryl methyl sites for hydroxylation is 2. The van der Waals surface area contributed by atoms with E-state index in [2.05, 4.69) is 40.6 Å². The van der Waals surface area contributed by atoms with Crippen LogP contribution in [0.1, 0.15) is 42.9 Å². The highest BCUT2D eigenvalue weighted by atomic mass is 14.7. The molecule has 0 radical (unpaired) electrons. The zero-order chi connectivity index (χ0) is 17.5. The van der Waals surface area contributed by atoms with Gasteiger partial charge in [-0.05, 0) is 38.0 Å². The summed E-state index contributed by atoms with van der Waals surface area (Å²) in [6.45, 7) is 8.19. The van der Waals surface area contributed by atoms with Gasteiger partial charge in [0, 0.05) is 34.6 Å². The smallest absolute Gasteiger partial charge is 0.113 e. The van der Waals surface area contributed by atoms with Crippen LogP contribution < -0.4 is 5.73 Å². The van der Waals surface area contributed by atoms with Crippen LogP contribution >= 0.6 is 0 Å². The Morgan fingerprint density at radius 2 is 1.67 bits per heavy atom. The van der Waals surface area contributed by atoms with Crippen molar-refractivity contribution < 1.29 is 0 Å². The third-order valence-electron chi connectivity index (χ3n) is 3.22. The summed E-state index contributed by atoms with van der Waals surface area (Å²) in [6.07, 6.45) is 6.49. The summed E-state index contributed by atoms with van der Waals surface area (Å²) in [6, 6.07) is 5.62. The molecular formula is C20H22N4. The second-order valence-electron chi connectivity index (χ2n) is 5.56. The van der Waals surface area contributed by atoms with Gasteiger partial charge in [0.15, 0.2) is 0 Å². The second kappa shape index (κ2) is 8.07. The molecule has 4 nitrogen and oxygen atoms in total. The lowest BCUT2D eigenvalue weighted by molar-refractivity contribution is 1.09. The molecule has 0 fully saturated rings. The highest BCUT2D eigenvalue weighted by molar-refractivity contribution is 5.89. The molecule has 0 aliphatic rings. The van der Waals surface area contributed by atoms with Gasteiger partial charge in [-0.15, -0.1) is 0 Å². The molecule has 0 unspecified atom stereocenters. The number of nitrogens with two attached hydrogens (primary N) is 1. The zero-order valence-corrected chi connectivity index (χ0v) is 14.6. The van der Waals surface area contributed by atoms with Crippen molar-refractivity contribution in [3.63, 3.8) is 0 Å². The summed E-state index contributed by atoms with van der Waals surface area (Å²) in [5.41, 5.74) is 9.71. The number of hydrogen-bond donors (Lipinski definition) is 1. The number of aromatic nitrogens is 3. The van der Waals surface area contributed by atoms with Crippen LogP contribution in [0.5, 0.6) is 0 Å². The van der Waals surface area contributed by atoms with Gasteiger partial charge in [0.1, 0.15) is 5.69 Å². The first-order chi connectivity index (χ1) is 11.5. The minimum absolute atomic E-state index is 0.629. The largest absolute Gasteiger partial charge is 0.397 e. The molecule has 0 atom stereocenters. The molecule has 0 spiro atoms. The number of rotatable bonds is 0. The third-order valence-corrected chi connectivity index (χ3v) is 3.22. The van der Waals surface area contributed by atoms with Crippen molar-refractivity contribution in [2.45, 2.75) is 34.1 Å². The van der Waals surface area contributed by atoms with Crippen molar-refractivity contribution in [1.29, 1.82) is 0 Å². The van der Waals surface area contributed by atoms with Gasteiger partial charge in [0.25, 0.3) is 0 Å². The Kier molecular flexibility index (Phi) is 5.86. The van der Waals surface area contributed by atoms with E-state index in [0.717, 1.165) is 27.7 Å². The average Bonchev–Trinajstić information content (AvgIpc) is 2.56. The third kappa shape index (κ3) is 4.30. The van der Waals surface area contributed by atoms with Gasteiger partial charge in [0.05, 0.1) is 17.4 Å². The van der Waals surface area contributed by atoms with Crippen LogP contribution in [0.4, 0.5) is 5.69 Å².